The third-order valence-corrected chi connectivity index (χ3v) is 5.06. The Morgan fingerprint density at radius 1 is 1.00 bits per heavy atom. The zero-order chi connectivity index (χ0) is 23.8. The van der Waals surface area contributed by atoms with Crippen LogP contribution in [-0.2, 0) is 16.2 Å². The van der Waals surface area contributed by atoms with Crippen LogP contribution in [0.4, 0.5) is 5.69 Å². The Labute approximate surface area is 197 Å². The zero-order valence-corrected chi connectivity index (χ0v) is 19.3. The molecular formula is C25H24ClN3O4. The van der Waals surface area contributed by atoms with E-state index in [1.54, 1.807) is 37.4 Å². The van der Waals surface area contributed by atoms with Crippen molar-refractivity contribution in [2.75, 3.05) is 12.4 Å². The Morgan fingerprint density at radius 3 is 2.55 bits per heavy atom. The molecule has 0 saturated carbocycles. The van der Waals surface area contributed by atoms with E-state index < -0.39 is 11.8 Å². The highest BCUT2D eigenvalue weighted by Crippen LogP contribution is 2.26. The molecule has 0 bridgehead atoms. The Morgan fingerprint density at radius 2 is 1.79 bits per heavy atom. The van der Waals surface area contributed by atoms with E-state index in [0.717, 1.165) is 16.7 Å². The fourth-order valence-electron chi connectivity index (χ4n) is 2.97. The number of ether oxygens (including phenoxy) is 2. The van der Waals surface area contributed by atoms with E-state index in [1.807, 2.05) is 44.2 Å². The molecule has 0 radical (unpaired) electrons. The Hall–Kier alpha value is -3.84. The second-order valence-electron chi connectivity index (χ2n) is 7.26. The molecule has 0 unspecified atom stereocenters. The predicted octanol–water partition coefficient (Wildman–Crippen LogP) is 4.63. The molecule has 0 aromatic heterocycles. The van der Waals surface area contributed by atoms with Gasteiger partial charge in [0.15, 0.2) is 0 Å². The molecule has 3 aromatic carbocycles. The number of halogens is 1. The first-order chi connectivity index (χ1) is 15.9. The molecule has 0 aliphatic rings. The number of hydrogen-bond acceptors (Lipinski definition) is 5. The molecule has 0 heterocycles. The van der Waals surface area contributed by atoms with Gasteiger partial charge < -0.3 is 14.8 Å². The number of hydrogen-bond donors (Lipinski definition) is 2. The number of aryl methyl sites for hydroxylation is 2. The van der Waals surface area contributed by atoms with E-state index >= 15 is 0 Å². The van der Waals surface area contributed by atoms with E-state index in [1.165, 1.54) is 6.21 Å². The lowest BCUT2D eigenvalue weighted by Crippen LogP contribution is -2.32. The van der Waals surface area contributed by atoms with Crippen molar-refractivity contribution in [2.24, 2.45) is 5.10 Å². The molecule has 2 amide bonds. The summed E-state index contributed by atoms with van der Waals surface area (Å²) in [6.07, 6.45) is 1.43. The van der Waals surface area contributed by atoms with E-state index in [9.17, 15) is 9.59 Å². The summed E-state index contributed by atoms with van der Waals surface area (Å²) in [5.74, 6) is -0.481. The van der Waals surface area contributed by atoms with Gasteiger partial charge in [-0.25, -0.2) is 5.43 Å². The second-order valence-corrected chi connectivity index (χ2v) is 7.67. The summed E-state index contributed by atoms with van der Waals surface area (Å²) in [7, 11) is 1.57. The average Bonchev–Trinajstić information content (AvgIpc) is 2.81. The first-order valence-electron chi connectivity index (χ1n) is 10.1. The molecule has 2 N–H and O–H groups in total. The highest BCUT2D eigenvalue weighted by Gasteiger charge is 2.14. The Kier molecular flexibility index (Phi) is 8.05. The van der Waals surface area contributed by atoms with Gasteiger partial charge in [0.05, 0.1) is 18.3 Å². The van der Waals surface area contributed by atoms with Crippen LogP contribution < -0.4 is 20.2 Å². The summed E-state index contributed by atoms with van der Waals surface area (Å²) in [6, 6.07) is 18.1. The van der Waals surface area contributed by atoms with Crippen LogP contribution in [0.5, 0.6) is 11.5 Å². The summed E-state index contributed by atoms with van der Waals surface area (Å²) < 4.78 is 11.2. The van der Waals surface area contributed by atoms with Crippen molar-refractivity contribution >= 4 is 35.3 Å². The molecule has 0 aliphatic carbocycles. The number of anilines is 1. The minimum absolute atomic E-state index is 0.221. The number of nitrogens with zero attached hydrogens (tertiary/aromatic N) is 1. The number of methoxy groups -OCH3 is 1. The maximum absolute atomic E-state index is 12.2. The molecular weight excluding hydrogens is 442 g/mol. The number of benzene rings is 3. The molecule has 0 saturated heterocycles. The lowest BCUT2D eigenvalue weighted by Gasteiger charge is -2.12. The summed E-state index contributed by atoms with van der Waals surface area (Å²) in [6.45, 7) is 3.98. The number of rotatable bonds is 7. The standard InChI is InChI=1S/C25H24ClN3O4/c1-16-8-9-17(2)21(12-16)28-24(30)25(31)29-27-14-18-10-11-22(32-3)19(13-18)15-33-23-7-5-4-6-20(23)26/h4-14H,15H2,1-3H3,(H,28,30)(H,29,31)/b27-14+. The Bertz CT molecular complexity index is 1190. The number of nitrogens with one attached hydrogen (secondary N) is 2. The number of carbonyl (C=O) groups excluding carboxylic acids is 2. The first-order valence-corrected chi connectivity index (χ1v) is 10.5. The number of hydrazone groups is 1. The molecule has 170 valence electrons. The third-order valence-electron chi connectivity index (χ3n) is 4.75. The van der Waals surface area contributed by atoms with Crippen molar-refractivity contribution in [3.05, 3.63) is 87.9 Å². The number of amides is 2. The maximum Gasteiger partial charge on any atom is 0.329 e. The molecule has 0 atom stereocenters. The van der Waals surface area contributed by atoms with Gasteiger partial charge in [-0.05, 0) is 66.9 Å². The van der Waals surface area contributed by atoms with Gasteiger partial charge in [-0.15, -0.1) is 0 Å². The highest BCUT2D eigenvalue weighted by atomic mass is 35.5. The molecule has 3 rings (SSSR count). The fraction of sp³-hybridized carbons (Fsp3) is 0.160. The van der Waals surface area contributed by atoms with Crippen LogP contribution in [0.25, 0.3) is 0 Å². The number of para-hydroxylation sites is 1. The minimum atomic E-state index is -0.872. The monoisotopic (exact) mass is 465 g/mol. The quantitative estimate of drug-likeness (QED) is 0.302. The van der Waals surface area contributed by atoms with Crippen molar-refractivity contribution in [1.29, 1.82) is 0 Å². The van der Waals surface area contributed by atoms with Gasteiger partial charge in [0, 0.05) is 11.3 Å². The lowest BCUT2D eigenvalue weighted by molar-refractivity contribution is -0.136. The summed E-state index contributed by atoms with van der Waals surface area (Å²) in [5, 5.41) is 6.99. The fourth-order valence-corrected chi connectivity index (χ4v) is 3.16. The van der Waals surface area contributed by atoms with E-state index in [-0.39, 0.29) is 6.61 Å². The van der Waals surface area contributed by atoms with E-state index in [2.05, 4.69) is 15.8 Å². The van der Waals surface area contributed by atoms with Gasteiger partial charge in [0.1, 0.15) is 18.1 Å². The largest absolute Gasteiger partial charge is 0.496 e. The molecule has 3 aromatic rings. The van der Waals surface area contributed by atoms with Crippen molar-refractivity contribution in [1.82, 2.24) is 5.43 Å². The van der Waals surface area contributed by atoms with Crippen LogP contribution in [0.1, 0.15) is 22.3 Å². The van der Waals surface area contributed by atoms with Crippen LogP contribution in [0.15, 0.2) is 65.8 Å². The first kappa shape index (κ1) is 23.8. The van der Waals surface area contributed by atoms with Crippen LogP contribution in [0, 0.1) is 13.8 Å². The smallest absolute Gasteiger partial charge is 0.329 e. The zero-order valence-electron chi connectivity index (χ0n) is 18.5. The normalized spacial score (nSPS) is 10.7. The van der Waals surface area contributed by atoms with Gasteiger partial charge >= 0.3 is 11.8 Å². The Balaban J connectivity index is 1.62. The van der Waals surface area contributed by atoms with Crippen LogP contribution in [0.3, 0.4) is 0 Å². The molecule has 0 fully saturated rings. The SMILES string of the molecule is COc1ccc(/C=N/NC(=O)C(=O)Nc2cc(C)ccc2C)cc1COc1ccccc1Cl. The maximum atomic E-state index is 12.2. The van der Waals surface area contributed by atoms with Crippen molar-refractivity contribution in [2.45, 2.75) is 20.5 Å². The average molecular weight is 466 g/mol. The van der Waals surface area contributed by atoms with Crippen molar-refractivity contribution in [3.63, 3.8) is 0 Å². The van der Waals surface area contributed by atoms with Crippen LogP contribution in [0.2, 0.25) is 5.02 Å². The molecule has 0 spiro atoms. The van der Waals surface area contributed by atoms with Gasteiger partial charge in [0.25, 0.3) is 0 Å². The summed E-state index contributed by atoms with van der Waals surface area (Å²) in [5.41, 5.74) is 6.10. The van der Waals surface area contributed by atoms with E-state index in [0.29, 0.717) is 27.8 Å². The molecule has 33 heavy (non-hydrogen) atoms. The van der Waals surface area contributed by atoms with Gasteiger partial charge in [0.2, 0.25) is 0 Å². The van der Waals surface area contributed by atoms with Crippen molar-refractivity contribution in [3.8, 4) is 11.5 Å². The van der Waals surface area contributed by atoms with Crippen LogP contribution >= 0.6 is 11.6 Å². The third kappa shape index (κ3) is 6.57. The lowest BCUT2D eigenvalue weighted by atomic mass is 10.1. The second kappa shape index (κ2) is 11.2. The van der Waals surface area contributed by atoms with Gasteiger partial charge in [-0.1, -0.05) is 35.9 Å². The molecule has 7 nitrogen and oxygen atoms in total. The highest BCUT2D eigenvalue weighted by molar-refractivity contribution is 6.39. The van der Waals surface area contributed by atoms with E-state index in [4.69, 9.17) is 21.1 Å². The minimum Gasteiger partial charge on any atom is -0.496 e. The molecule has 0 aliphatic heterocycles. The summed E-state index contributed by atoms with van der Waals surface area (Å²) in [4.78, 5) is 24.3. The van der Waals surface area contributed by atoms with Gasteiger partial charge in [-0.3, -0.25) is 9.59 Å². The van der Waals surface area contributed by atoms with Gasteiger partial charge in [-0.2, -0.15) is 5.10 Å². The summed E-state index contributed by atoms with van der Waals surface area (Å²) >= 11 is 6.14. The topological polar surface area (TPSA) is 89.0 Å². The van der Waals surface area contributed by atoms with Crippen LogP contribution in [-0.4, -0.2) is 25.1 Å². The molecule has 8 heteroatoms. The number of carbonyl (C=O) groups is 2. The predicted molar refractivity (Wildman–Crippen MR) is 129 cm³/mol. The van der Waals surface area contributed by atoms with Crippen molar-refractivity contribution < 1.29 is 19.1 Å².